The van der Waals surface area contributed by atoms with Gasteiger partial charge in [-0.3, -0.25) is 4.79 Å². The van der Waals surface area contributed by atoms with Crippen molar-refractivity contribution >= 4 is 18.3 Å². The molecule has 108 valence electrons. The highest BCUT2D eigenvalue weighted by Crippen LogP contribution is 2.09. The largest absolute Gasteiger partial charge is 0.380 e. The zero-order chi connectivity index (χ0) is 13.4. The molecular weight excluding hydrogens is 264 g/mol. The van der Waals surface area contributed by atoms with Crippen LogP contribution in [0.25, 0.3) is 0 Å². The first-order valence-corrected chi connectivity index (χ1v) is 6.28. The van der Waals surface area contributed by atoms with E-state index >= 15 is 0 Å². The third-order valence-electron chi connectivity index (χ3n) is 2.81. The second-order valence-corrected chi connectivity index (χ2v) is 4.31. The molecular formula is C14H23ClN2O2. The number of rotatable bonds is 7. The second kappa shape index (κ2) is 9.78. The molecule has 0 bridgehead atoms. The van der Waals surface area contributed by atoms with E-state index in [0.29, 0.717) is 19.6 Å². The standard InChI is InChI=1S/C14H22N2O2.ClH/c1-3-6-13(15)14(17)16-9-11-7-4-5-8-12(11)10-18-2;/h4-5,7-8,13H,3,6,9-10,15H2,1-2H3,(H,16,17);1H. The van der Waals surface area contributed by atoms with E-state index in [0.717, 1.165) is 17.5 Å². The highest BCUT2D eigenvalue weighted by atomic mass is 35.5. The molecule has 1 aromatic rings. The highest BCUT2D eigenvalue weighted by Gasteiger charge is 2.12. The minimum absolute atomic E-state index is 0. The summed E-state index contributed by atoms with van der Waals surface area (Å²) in [4.78, 5) is 11.7. The van der Waals surface area contributed by atoms with Crippen molar-refractivity contribution in [1.29, 1.82) is 0 Å². The fourth-order valence-electron chi connectivity index (χ4n) is 1.78. The molecule has 0 aliphatic rings. The first-order valence-electron chi connectivity index (χ1n) is 6.28. The van der Waals surface area contributed by atoms with Crippen molar-refractivity contribution < 1.29 is 9.53 Å². The zero-order valence-corrected chi connectivity index (χ0v) is 12.3. The number of halogens is 1. The predicted molar refractivity (Wildman–Crippen MR) is 79.1 cm³/mol. The van der Waals surface area contributed by atoms with E-state index in [1.807, 2.05) is 31.2 Å². The van der Waals surface area contributed by atoms with Crippen LogP contribution >= 0.6 is 12.4 Å². The van der Waals surface area contributed by atoms with Crippen molar-refractivity contribution in [2.24, 2.45) is 5.73 Å². The van der Waals surface area contributed by atoms with Gasteiger partial charge in [-0.05, 0) is 17.5 Å². The average molecular weight is 287 g/mol. The van der Waals surface area contributed by atoms with Crippen LogP contribution in [0.15, 0.2) is 24.3 Å². The number of hydrogen-bond acceptors (Lipinski definition) is 3. The molecule has 0 aliphatic heterocycles. The minimum atomic E-state index is -0.412. The first kappa shape index (κ1) is 17.9. The first-order chi connectivity index (χ1) is 8.69. The number of nitrogens with one attached hydrogen (secondary N) is 1. The summed E-state index contributed by atoms with van der Waals surface area (Å²) in [5.74, 6) is -0.0935. The van der Waals surface area contributed by atoms with Gasteiger partial charge in [0.25, 0.3) is 0 Å². The van der Waals surface area contributed by atoms with Gasteiger partial charge in [-0.25, -0.2) is 0 Å². The maximum absolute atomic E-state index is 11.7. The van der Waals surface area contributed by atoms with Gasteiger partial charge in [-0.2, -0.15) is 0 Å². The van der Waals surface area contributed by atoms with Crippen LogP contribution in [-0.2, 0) is 22.7 Å². The van der Waals surface area contributed by atoms with Gasteiger partial charge in [0.05, 0.1) is 12.6 Å². The third kappa shape index (κ3) is 6.05. The summed E-state index contributed by atoms with van der Waals surface area (Å²) < 4.78 is 5.12. The Balaban J connectivity index is 0.00000324. The van der Waals surface area contributed by atoms with Gasteiger partial charge in [0.1, 0.15) is 0 Å². The molecule has 4 nitrogen and oxygen atoms in total. The second-order valence-electron chi connectivity index (χ2n) is 4.31. The number of carbonyl (C=O) groups excluding carboxylic acids is 1. The number of amides is 1. The lowest BCUT2D eigenvalue weighted by atomic mass is 10.1. The molecule has 19 heavy (non-hydrogen) atoms. The van der Waals surface area contributed by atoms with E-state index in [1.54, 1.807) is 7.11 Å². The molecule has 0 aromatic heterocycles. The maximum Gasteiger partial charge on any atom is 0.237 e. The molecule has 3 N–H and O–H groups in total. The Labute approximate surface area is 121 Å². The molecule has 0 saturated heterocycles. The van der Waals surface area contributed by atoms with Crippen molar-refractivity contribution in [2.75, 3.05) is 7.11 Å². The van der Waals surface area contributed by atoms with Crippen LogP contribution in [0.3, 0.4) is 0 Å². The lowest BCUT2D eigenvalue weighted by Gasteiger charge is -2.13. The lowest BCUT2D eigenvalue weighted by Crippen LogP contribution is -2.40. The fraction of sp³-hybridized carbons (Fsp3) is 0.500. The lowest BCUT2D eigenvalue weighted by molar-refractivity contribution is -0.122. The van der Waals surface area contributed by atoms with E-state index in [4.69, 9.17) is 10.5 Å². The summed E-state index contributed by atoms with van der Waals surface area (Å²) in [7, 11) is 1.66. The summed E-state index contributed by atoms with van der Waals surface area (Å²) in [5, 5.41) is 2.86. The van der Waals surface area contributed by atoms with Crippen LogP contribution in [0.1, 0.15) is 30.9 Å². The maximum atomic E-state index is 11.7. The summed E-state index contributed by atoms with van der Waals surface area (Å²) in [6, 6.07) is 7.48. The van der Waals surface area contributed by atoms with E-state index in [9.17, 15) is 4.79 Å². The molecule has 1 unspecified atom stereocenters. The number of ether oxygens (including phenoxy) is 1. The molecule has 0 fully saturated rings. The van der Waals surface area contributed by atoms with E-state index < -0.39 is 6.04 Å². The molecule has 0 saturated carbocycles. The Bertz CT molecular complexity index is 385. The number of carbonyl (C=O) groups is 1. The summed E-state index contributed by atoms with van der Waals surface area (Å²) in [6.07, 6.45) is 1.63. The Morgan fingerprint density at radius 1 is 1.37 bits per heavy atom. The molecule has 1 rings (SSSR count). The Morgan fingerprint density at radius 3 is 2.58 bits per heavy atom. The number of hydrogen-bond donors (Lipinski definition) is 2. The summed E-state index contributed by atoms with van der Waals surface area (Å²) >= 11 is 0. The quantitative estimate of drug-likeness (QED) is 0.806. The topological polar surface area (TPSA) is 64.4 Å². The Kier molecular flexibility index (Phi) is 9.21. The monoisotopic (exact) mass is 286 g/mol. The molecule has 1 atom stereocenters. The van der Waals surface area contributed by atoms with Crippen molar-refractivity contribution in [3.05, 3.63) is 35.4 Å². The molecule has 1 aromatic carbocycles. The van der Waals surface area contributed by atoms with Crippen LogP contribution in [0, 0.1) is 0 Å². The summed E-state index contributed by atoms with van der Waals surface area (Å²) in [6.45, 7) is 3.06. The van der Waals surface area contributed by atoms with Gasteiger partial charge in [-0.15, -0.1) is 12.4 Å². The van der Waals surface area contributed by atoms with Crippen molar-refractivity contribution in [3.63, 3.8) is 0 Å². The van der Waals surface area contributed by atoms with E-state index in [2.05, 4.69) is 5.32 Å². The molecule has 5 heteroatoms. The number of methoxy groups -OCH3 is 1. The van der Waals surface area contributed by atoms with Gasteiger partial charge in [-0.1, -0.05) is 37.6 Å². The molecule has 0 radical (unpaired) electrons. The smallest absolute Gasteiger partial charge is 0.237 e. The fourth-order valence-corrected chi connectivity index (χ4v) is 1.78. The van der Waals surface area contributed by atoms with Crippen molar-refractivity contribution in [2.45, 2.75) is 39.0 Å². The van der Waals surface area contributed by atoms with Gasteiger partial charge < -0.3 is 15.8 Å². The minimum Gasteiger partial charge on any atom is -0.380 e. The van der Waals surface area contributed by atoms with Crippen molar-refractivity contribution in [1.82, 2.24) is 5.32 Å². The van der Waals surface area contributed by atoms with Gasteiger partial charge in [0, 0.05) is 13.7 Å². The van der Waals surface area contributed by atoms with E-state index in [-0.39, 0.29) is 18.3 Å². The predicted octanol–water partition coefficient (Wildman–Crippen LogP) is 2.00. The van der Waals surface area contributed by atoms with Crippen LogP contribution in [0.4, 0.5) is 0 Å². The third-order valence-corrected chi connectivity index (χ3v) is 2.81. The normalized spacial score (nSPS) is 11.5. The molecule has 0 aliphatic carbocycles. The van der Waals surface area contributed by atoms with Gasteiger partial charge >= 0.3 is 0 Å². The molecule has 1 amide bonds. The van der Waals surface area contributed by atoms with Crippen LogP contribution in [0.5, 0.6) is 0 Å². The van der Waals surface area contributed by atoms with Crippen LogP contribution in [0.2, 0.25) is 0 Å². The molecule has 0 heterocycles. The zero-order valence-electron chi connectivity index (χ0n) is 11.5. The average Bonchev–Trinajstić information content (AvgIpc) is 2.38. The Morgan fingerprint density at radius 2 is 2.00 bits per heavy atom. The number of nitrogens with two attached hydrogens (primary N) is 1. The highest BCUT2D eigenvalue weighted by molar-refractivity contribution is 5.85. The van der Waals surface area contributed by atoms with Crippen molar-refractivity contribution in [3.8, 4) is 0 Å². The van der Waals surface area contributed by atoms with Gasteiger partial charge in [0.2, 0.25) is 5.91 Å². The SMILES string of the molecule is CCCC(N)C(=O)NCc1ccccc1COC.Cl. The van der Waals surface area contributed by atoms with Crippen LogP contribution in [-0.4, -0.2) is 19.1 Å². The number of benzene rings is 1. The van der Waals surface area contributed by atoms with Crippen LogP contribution < -0.4 is 11.1 Å². The molecule has 0 spiro atoms. The van der Waals surface area contributed by atoms with E-state index in [1.165, 1.54) is 0 Å². The van der Waals surface area contributed by atoms with Gasteiger partial charge in [0.15, 0.2) is 0 Å². The summed E-state index contributed by atoms with van der Waals surface area (Å²) in [5.41, 5.74) is 7.91. The Hall–Kier alpha value is -1.10.